The molecule has 114 valence electrons. The Morgan fingerprint density at radius 1 is 1.40 bits per heavy atom. The average molecular weight is 278 g/mol. The molecule has 0 unspecified atom stereocenters. The van der Waals surface area contributed by atoms with Crippen LogP contribution in [0.2, 0.25) is 0 Å². The van der Waals surface area contributed by atoms with Crippen molar-refractivity contribution in [2.24, 2.45) is 17.8 Å². The quantitative estimate of drug-likeness (QED) is 0.738. The van der Waals surface area contributed by atoms with E-state index in [0.29, 0.717) is 5.92 Å². The van der Waals surface area contributed by atoms with E-state index in [1.54, 1.807) is 12.5 Å². The molecule has 1 saturated heterocycles. The number of allylic oxidation sites excluding steroid dienone is 1. The van der Waals surface area contributed by atoms with E-state index in [1.165, 1.54) is 25.8 Å². The van der Waals surface area contributed by atoms with Crippen LogP contribution in [0.5, 0.6) is 0 Å². The molecular weight excluding hydrogens is 248 g/mol. The van der Waals surface area contributed by atoms with Crippen LogP contribution in [0.1, 0.15) is 40.0 Å². The second-order valence-corrected chi connectivity index (χ2v) is 6.95. The maximum absolute atomic E-state index is 11.4. The molecule has 20 heavy (non-hydrogen) atoms. The first-order valence-electron chi connectivity index (χ1n) is 8.08. The van der Waals surface area contributed by atoms with Crippen molar-refractivity contribution >= 4 is 5.91 Å². The summed E-state index contributed by atoms with van der Waals surface area (Å²) < 4.78 is 0. The Morgan fingerprint density at radius 2 is 2.15 bits per heavy atom. The van der Waals surface area contributed by atoms with Crippen molar-refractivity contribution in [3.8, 4) is 0 Å². The summed E-state index contributed by atoms with van der Waals surface area (Å²) in [6.45, 7) is 10.6. The molecule has 0 bridgehead atoms. The third-order valence-electron chi connectivity index (χ3n) is 5.17. The summed E-state index contributed by atoms with van der Waals surface area (Å²) in [5.74, 6) is 2.42. The second-order valence-electron chi connectivity index (χ2n) is 6.95. The first kappa shape index (κ1) is 15.6. The van der Waals surface area contributed by atoms with Crippen molar-refractivity contribution < 1.29 is 4.79 Å². The summed E-state index contributed by atoms with van der Waals surface area (Å²) in [4.78, 5) is 15.9. The van der Waals surface area contributed by atoms with Crippen LogP contribution >= 0.6 is 0 Å². The molecule has 1 fully saturated rings. The first-order valence-corrected chi connectivity index (χ1v) is 8.08. The Kier molecular flexibility index (Phi) is 5.25. The van der Waals surface area contributed by atoms with Gasteiger partial charge in [-0.25, -0.2) is 0 Å². The van der Waals surface area contributed by atoms with Gasteiger partial charge in [0.25, 0.3) is 0 Å². The minimum Gasteiger partial charge on any atom is -0.343 e. The Morgan fingerprint density at radius 3 is 2.75 bits per heavy atom. The van der Waals surface area contributed by atoms with Crippen LogP contribution in [-0.2, 0) is 4.79 Å². The SMILES string of the molecule is CC(=O)N1CC[C@@H](CN(C)C[C@@H]2C(C)=CCC[C@@H]2C)C1. The Hall–Kier alpha value is -0.830. The van der Waals surface area contributed by atoms with Gasteiger partial charge in [-0.3, -0.25) is 4.79 Å². The molecule has 0 aromatic carbocycles. The van der Waals surface area contributed by atoms with Crippen LogP contribution in [0.15, 0.2) is 11.6 Å². The number of carbonyl (C=O) groups excluding carboxylic acids is 1. The van der Waals surface area contributed by atoms with E-state index < -0.39 is 0 Å². The van der Waals surface area contributed by atoms with Crippen LogP contribution in [0, 0.1) is 17.8 Å². The number of carbonyl (C=O) groups is 1. The van der Waals surface area contributed by atoms with Gasteiger partial charge in [0.15, 0.2) is 0 Å². The van der Waals surface area contributed by atoms with Gasteiger partial charge in [-0.1, -0.05) is 18.6 Å². The van der Waals surface area contributed by atoms with Gasteiger partial charge in [-0.2, -0.15) is 0 Å². The van der Waals surface area contributed by atoms with Crippen LogP contribution in [0.3, 0.4) is 0 Å². The fraction of sp³-hybridized carbons (Fsp3) is 0.824. The molecular formula is C17H30N2O. The van der Waals surface area contributed by atoms with Gasteiger partial charge < -0.3 is 9.80 Å². The highest BCUT2D eigenvalue weighted by molar-refractivity contribution is 5.73. The fourth-order valence-corrected chi connectivity index (χ4v) is 3.82. The summed E-state index contributed by atoms with van der Waals surface area (Å²) in [6.07, 6.45) is 6.17. The van der Waals surface area contributed by atoms with Gasteiger partial charge in [0, 0.05) is 33.1 Å². The molecule has 3 nitrogen and oxygen atoms in total. The molecule has 3 atom stereocenters. The largest absolute Gasteiger partial charge is 0.343 e. The second kappa shape index (κ2) is 6.75. The van der Waals surface area contributed by atoms with Crippen LogP contribution in [0.25, 0.3) is 0 Å². The number of rotatable bonds is 4. The molecule has 0 saturated carbocycles. The number of hydrogen-bond acceptors (Lipinski definition) is 2. The van der Waals surface area contributed by atoms with E-state index in [9.17, 15) is 4.79 Å². The summed E-state index contributed by atoms with van der Waals surface area (Å²) in [6, 6.07) is 0. The van der Waals surface area contributed by atoms with Crippen LogP contribution in [0.4, 0.5) is 0 Å². The molecule has 0 aromatic rings. The molecule has 1 aliphatic carbocycles. The zero-order chi connectivity index (χ0) is 14.7. The lowest BCUT2D eigenvalue weighted by atomic mass is 9.80. The minimum absolute atomic E-state index is 0.231. The standard InChI is InChI=1S/C17H30N2O/c1-13-6-5-7-14(2)17(13)12-18(4)10-16-8-9-19(11-16)15(3)20/h6,14,16-17H,5,7-12H2,1-4H3/t14-,16-,17+/m0/s1. The molecule has 1 heterocycles. The van der Waals surface area contributed by atoms with Gasteiger partial charge in [0.05, 0.1) is 0 Å². The average Bonchev–Trinajstić information content (AvgIpc) is 2.82. The molecule has 0 radical (unpaired) electrons. The summed E-state index contributed by atoms with van der Waals surface area (Å²) in [7, 11) is 2.24. The molecule has 1 aliphatic heterocycles. The normalized spacial score (nSPS) is 30.8. The molecule has 2 aliphatic rings. The van der Waals surface area contributed by atoms with Crippen molar-refractivity contribution in [1.82, 2.24) is 9.80 Å². The molecule has 0 spiro atoms. The van der Waals surface area contributed by atoms with Crippen molar-refractivity contribution in [2.75, 3.05) is 33.2 Å². The third-order valence-corrected chi connectivity index (χ3v) is 5.17. The van der Waals surface area contributed by atoms with E-state index in [1.807, 2.05) is 4.90 Å². The molecule has 0 aromatic heterocycles. The first-order chi connectivity index (χ1) is 9.47. The highest BCUT2D eigenvalue weighted by Gasteiger charge is 2.27. The van der Waals surface area contributed by atoms with Gasteiger partial charge in [0.1, 0.15) is 0 Å². The number of hydrogen-bond donors (Lipinski definition) is 0. The minimum atomic E-state index is 0.231. The van der Waals surface area contributed by atoms with E-state index in [2.05, 4.69) is 31.9 Å². The summed E-state index contributed by atoms with van der Waals surface area (Å²) >= 11 is 0. The maximum Gasteiger partial charge on any atom is 0.219 e. The Bertz CT molecular complexity index is 377. The molecule has 1 amide bonds. The van der Waals surface area contributed by atoms with E-state index in [0.717, 1.165) is 31.5 Å². The van der Waals surface area contributed by atoms with Crippen molar-refractivity contribution in [3.63, 3.8) is 0 Å². The zero-order valence-electron chi connectivity index (χ0n) is 13.6. The monoisotopic (exact) mass is 278 g/mol. The predicted octanol–water partition coefficient (Wildman–Crippen LogP) is 2.78. The number of amides is 1. The lowest BCUT2D eigenvalue weighted by molar-refractivity contribution is -0.127. The highest BCUT2D eigenvalue weighted by atomic mass is 16.2. The van der Waals surface area contributed by atoms with Crippen LogP contribution < -0.4 is 0 Å². The van der Waals surface area contributed by atoms with E-state index in [4.69, 9.17) is 0 Å². The zero-order valence-corrected chi connectivity index (χ0v) is 13.6. The van der Waals surface area contributed by atoms with Gasteiger partial charge >= 0.3 is 0 Å². The predicted molar refractivity (Wildman–Crippen MR) is 83.5 cm³/mol. The van der Waals surface area contributed by atoms with E-state index in [-0.39, 0.29) is 5.91 Å². The van der Waals surface area contributed by atoms with Gasteiger partial charge in [-0.05, 0) is 51.0 Å². The van der Waals surface area contributed by atoms with Gasteiger partial charge in [-0.15, -0.1) is 0 Å². The molecule has 3 heteroatoms. The Labute approximate surface area is 124 Å². The van der Waals surface area contributed by atoms with E-state index >= 15 is 0 Å². The number of likely N-dealkylation sites (tertiary alicyclic amines) is 1. The smallest absolute Gasteiger partial charge is 0.219 e. The van der Waals surface area contributed by atoms with Crippen molar-refractivity contribution in [2.45, 2.75) is 40.0 Å². The molecule has 2 rings (SSSR count). The lowest BCUT2D eigenvalue weighted by Crippen LogP contribution is -2.35. The lowest BCUT2D eigenvalue weighted by Gasteiger charge is -2.33. The molecule has 0 N–H and O–H groups in total. The topological polar surface area (TPSA) is 23.6 Å². The fourth-order valence-electron chi connectivity index (χ4n) is 3.82. The number of nitrogens with zero attached hydrogens (tertiary/aromatic N) is 2. The van der Waals surface area contributed by atoms with Gasteiger partial charge in [0.2, 0.25) is 5.91 Å². The van der Waals surface area contributed by atoms with Crippen molar-refractivity contribution in [3.05, 3.63) is 11.6 Å². The van der Waals surface area contributed by atoms with Crippen molar-refractivity contribution in [1.29, 1.82) is 0 Å². The van der Waals surface area contributed by atoms with Crippen LogP contribution in [-0.4, -0.2) is 48.9 Å². The maximum atomic E-state index is 11.4. The third kappa shape index (κ3) is 3.85. The Balaban J connectivity index is 1.81. The highest BCUT2D eigenvalue weighted by Crippen LogP contribution is 2.30. The summed E-state index contributed by atoms with van der Waals surface area (Å²) in [5, 5.41) is 0. The summed E-state index contributed by atoms with van der Waals surface area (Å²) in [5.41, 5.74) is 1.58.